The van der Waals surface area contributed by atoms with Gasteiger partial charge in [-0.2, -0.15) is 0 Å². The van der Waals surface area contributed by atoms with Gasteiger partial charge in [-0.15, -0.1) is 0 Å². The molecule has 0 spiro atoms. The van der Waals surface area contributed by atoms with Crippen molar-refractivity contribution in [3.63, 3.8) is 0 Å². The van der Waals surface area contributed by atoms with Crippen molar-refractivity contribution < 1.29 is 23.5 Å². The summed E-state index contributed by atoms with van der Waals surface area (Å²) in [5.41, 5.74) is 0.730. The second-order valence-corrected chi connectivity index (χ2v) is 5.92. The summed E-state index contributed by atoms with van der Waals surface area (Å²) in [7, 11) is 1.56. The minimum atomic E-state index is -0.371. The fourth-order valence-corrected chi connectivity index (χ4v) is 2.78. The van der Waals surface area contributed by atoms with Crippen molar-refractivity contribution in [1.82, 2.24) is 5.32 Å². The van der Waals surface area contributed by atoms with Crippen LogP contribution in [0, 0.1) is 5.82 Å². The second-order valence-electron chi connectivity index (χ2n) is 5.92. The van der Waals surface area contributed by atoms with Crippen molar-refractivity contribution in [2.24, 2.45) is 0 Å². The highest BCUT2D eigenvalue weighted by Gasteiger charge is 2.31. The van der Waals surface area contributed by atoms with Crippen LogP contribution in [0.2, 0.25) is 0 Å². The van der Waals surface area contributed by atoms with E-state index in [1.165, 1.54) is 24.3 Å². The molecule has 0 aromatic heterocycles. The minimum absolute atomic E-state index is 0.0667. The normalized spacial score (nSPS) is 16.5. The average Bonchev–Trinajstić information content (AvgIpc) is 3.01. The van der Waals surface area contributed by atoms with Gasteiger partial charge in [0.05, 0.1) is 13.2 Å². The van der Waals surface area contributed by atoms with Gasteiger partial charge in [0.25, 0.3) is 5.91 Å². The van der Waals surface area contributed by atoms with Gasteiger partial charge >= 0.3 is 0 Å². The summed E-state index contributed by atoms with van der Waals surface area (Å²) in [5, 5.41) is 2.79. The molecule has 0 radical (unpaired) electrons. The Labute approximate surface area is 150 Å². The van der Waals surface area contributed by atoms with E-state index in [0.29, 0.717) is 18.0 Å². The van der Waals surface area contributed by atoms with Gasteiger partial charge in [-0.3, -0.25) is 9.59 Å². The van der Waals surface area contributed by atoms with Crippen LogP contribution in [0.15, 0.2) is 48.5 Å². The van der Waals surface area contributed by atoms with Crippen LogP contribution in [-0.2, 0) is 9.59 Å². The molecule has 2 aromatic carbocycles. The van der Waals surface area contributed by atoms with Crippen LogP contribution in [0.1, 0.15) is 6.42 Å². The Kier molecular flexibility index (Phi) is 5.36. The van der Waals surface area contributed by atoms with Crippen LogP contribution in [0.4, 0.5) is 10.1 Å². The molecule has 2 amide bonds. The van der Waals surface area contributed by atoms with Gasteiger partial charge in [-0.1, -0.05) is 6.07 Å². The van der Waals surface area contributed by atoms with E-state index in [1.54, 1.807) is 24.1 Å². The molecule has 136 valence electrons. The van der Waals surface area contributed by atoms with E-state index >= 15 is 0 Å². The molecule has 1 fully saturated rings. The summed E-state index contributed by atoms with van der Waals surface area (Å²) >= 11 is 0. The van der Waals surface area contributed by atoms with Gasteiger partial charge in [0, 0.05) is 24.7 Å². The van der Waals surface area contributed by atoms with Gasteiger partial charge in [0.15, 0.2) is 6.61 Å². The molecule has 2 aromatic rings. The summed E-state index contributed by atoms with van der Waals surface area (Å²) in [6.45, 7) is 0.184. The number of hydrogen-bond acceptors (Lipinski definition) is 4. The first kappa shape index (κ1) is 17.7. The lowest BCUT2D eigenvalue weighted by Crippen LogP contribution is -2.39. The van der Waals surface area contributed by atoms with E-state index in [2.05, 4.69) is 5.32 Å². The zero-order chi connectivity index (χ0) is 18.5. The molecule has 1 aliphatic heterocycles. The minimum Gasteiger partial charge on any atom is -0.497 e. The molecular formula is C19H19FN2O4. The monoisotopic (exact) mass is 358 g/mol. The molecule has 1 atom stereocenters. The van der Waals surface area contributed by atoms with Gasteiger partial charge < -0.3 is 19.7 Å². The first-order valence-electron chi connectivity index (χ1n) is 8.17. The third-order valence-corrected chi connectivity index (χ3v) is 4.04. The molecule has 1 saturated heterocycles. The van der Waals surface area contributed by atoms with E-state index < -0.39 is 0 Å². The zero-order valence-electron chi connectivity index (χ0n) is 14.3. The fourth-order valence-electron chi connectivity index (χ4n) is 2.78. The number of halogens is 1. The molecule has 1 heterocycles. The fraction of sp³-hybridized carbons (Fsp3) is 0.263. The molecule has 0 bridgehead atoms. The number of nitrogens with zero attached hydrogens (tertiary/aromatic N) is 1. The van der Waals surface area contributed by atoms with E-state index in [0.717, 1.165) is 5.69 Å². The number of amides is 2. The first-order chi connectivity index (χ1) is 12.5. The van der Waals surface area contributed by atoms with Crippen LogP contribution in [0.25, 0.3) is 0 Å². The molecule has 0 saturated carbocycles. The molecule has 1 unspecified atom stereocenters. The number of carbonyl (C=O) groups excluding carboxylic acids is 2. The van der Waals surface area contributed by atoms with Crippen LogP contribution >= 0.6 is 0 Å². The topological polar surface area (TPSA) is 67.9 Å². The maximum absolute atomic E-state index is 12.8. The van der Waals surface area contributed by atoms with Crippen molar-refractivity contribution in [1.29, 1.82) is 0 Å². The molecule has 1 aliphatic rings. The zero-order valence-corrected chi connectivity index (χ0v) is 14.3. The molecule has 1 N–H and O–H groups in total. The molecule has 6 nitrogen and oxygen atoms in total. The molecular weight excluding hydrogens is 339 g/mol. The van der Waals surface area contributed by atoms with Crippen LogP contribution in [0.3, 0.4) is 0 Å². The number of hydrogen-bond donors (Lipinski definition) is 1. The predicted octanol–water partition coefficient (Wildman–Crippen LogP) is 2.13. The third-order valence-electron chi connectivity index (χ3n) is 4.04. The Morgan fingerprint density at radius 3 is 2.73 bits per heavy atom. The number of anilines is 1. The quantitative estimate of drug-likeness (QED) is 0.859. The summed E-state index contributed by atoms with van der Waals surface area (Å²) in [6, 6.07) is 12.3. The lowest BCUT2D eigenvalue weighted by molar-refractivity contribution is -0.123. The Hall–Kier alpha value is -3.09. The molecule has 0 aliphatic carbocycles. The summed E-state index contributed by atoms with van der Waals surface area (Å²) in [6.07, 6.45) is 0.222. The maximum atomic E-state index is 12.8. The summed E-state index contributed by atoms with van der Waals surface area (Å²) in [4.78, 5) is 25.9. The predicted molar refractivity (Wildman–Crippen MR) is 93.8 cm³/mol. The Balaban J connectivity index is 1.53. The van der Waals surface area contributed by atoms with Gasteiger partial charge in [-0.25, -0.2) is 4.39 Å². The van der Waals surface area contributed by atoms with E-state index in [9.17, 15) is 14.0 Å². The molecule has 7 heteroatoms. The van der Waals surface area contributed by atoms with Crippen LogP contribution < -0.4 is 19.7 Å². The van der Waals surface area contributed by atoms with Gasteiger partial charge in [-0.05, 0) is 36.4 Å². The lowest BCUT2D eigenvalue weighted by Gasteiger charge is -2.18. The van der Waals surface area contributed by atoms with Crippen molar-refractivity contribution >= 4 is 17.5 Å². The van der Waals surface area contributed by atoms with Crippen molar-refractivity contribution in [2.75, 3.05) is 25.2 Å². The van der Waals surface area contributed by atoms with Crippen molar-refractivity contribution in [2.45, 2.75) is 12.5 Å². The number of carbonyl (C=O) groups is 2. The van der Waals surface area contributed by atoms with E-state index in [4.69, 9.17) is 9.47 Å². The van der Waals surface area contributed by atoms with E-state index in [1.807, 2.05) is 12.1 Å². The molecule has 3 rings (SSSR count). The summed E-state index contributed by atoms with van der Waals surface area (Å²) in [5.74, 6) is 0.295. The number of methoxy groups -OCH3 is 1. The van der Waals surface area contributed by atoms with E-state index in [-0.39, 0.29) is 36.7 Å². The number of benzene rings is 2. The van der Waals surface area contributed by atoms with Crippen LogP contribution in [-0.4, -0.2) is 38.1 Å². The second kappa shape index (κ2) is 7.86. The number of ether oxygens (including phenoxy) is 2. The smallest absolute Gasteiger partial charge is 0.258 e. The third kappa shape index (κ3) is 4.30. The number of nitrogens with one attached hydrogen (secondary N) is 1. The Bertz CT molecular complexity index is 794. The molecule has 26 heavy (non-hydrogen) atoms. The summed E-state index contributed by atoms with van der Waals surface area (Å²) < 4.78 is 23.3. The van der Waals surface area contributed by atoms with Crippen molar-refractivity contribution in [3.05, 3.63) is 54.3 Å². The average molecular weight is 358 g/mol. The largest absolute Gasteiger partial charge is 0.497 e. The van der Waals surface area contributed by atoms with Crippen LogP contribution in [0.5, 0.6) is 11.5 Å². The van der Waals surface area contributed by atoms with Gasteiger partial charge in [0.2, 0.25) is 5.91 Å². The number of rotatable bonds is 6. The lowest BCUT2D eigenvalue weighted by atomic mass is 10.2. The first-order valence-corrected chi connectivity index (χ1v) is 8.17. The highest BCUT2D eigenvalue weighted by molar-refractivity contribution is 5.97. The van der Waals surface area contributed by atoms with Crippen molar-refractivity contribution in [3.8, 4) is 11.5 Å². The SMILES string of the molecule is COc1cccc(N2CC(NC(=O)COc3ccc(F)cc3)CC2=O)c1. The maximum Gasteiger partial charge on any atom is 0.258 e. The highest BCUT2D eigenvalue weighted by Crippen LogP contribution is 2.25. The Morgan fingerprint density at radius 1 is 1.23 bits per heavy atom. The van der Waals surface area contributed by atoms with Gasteiger partial charge in [0.1, 0.15) is 17.3 Å². The Morgan fingerprint density at radius 2 is 2.00 bits per heavy atom. The highest BCUT2D eigenvalue weighted by atomic mass is 19.1. The standard InChI is InChI=1S/C19H19FN2O4/c1-25-17-4-2-3-15(10-17)22-11-14(9-19(22)24)21-18(23)12-26-16-7-5-13(20)6-8-16/h2-8,10,14H,9,11-12H2,1H3,(H,21,23).